The van der Waals surface area contributed by atoms with Gasteiger partial charge in [-0.2, -0.15) is 0 Å². The fourth-order valence-electron chi connectivity index (χ4n) is 4.17. The monoisotopic (exact) mass is 467 g/mol. The number of anilines is 1. The van der Waals surface area contributed by atoms with Crippen LogP contribution in [0.3, 0.4) is 0 Å². The van der Waals surface area contributed by atoms with Crippen molar-refractivity contribution >= 4 is 32.7 Å². The average Bonchev–Trinajstić information content (AvgIpc) is 2.57. The fraction of sp³-hybridized carbons (Fsp3) is 0.667. The van der Waals surface area contributed by atoms with Crippen molar-refractivity contribution in [1.82, 2.24) is 0 Å². The van der Waals surface area contributed by atoms with Crippen LogP contribution in [0.5, 0.6) is 0 Å². The Kier molecular flexibility index (Phi) is 8.24. The van der Waals surface area contributed by atoms with Gasteiger partial charge in [0.05, 0.1) is 0 Å². The second kappa shape index (κ2) is 9.01. The van der Waals surface area contributed by atoms with E-state index in [9.17, 15) is 13.2 Å². The normalized spacial score (nSPS) is 12.5. The zero-order valence-electron chi connectivity index (χ0n) is 16.0. The van der Waals surface area contributed by atoms with Crippen molar-refractivity contribution in [2.45, 2.75) is 73.1 Å². The van der Waals surface area contributed by atoms with E-state index in [4.69, 9.17) is 0 Å². The summed E-state index contributed by atoms with van der Waals surface area (Å²) in [6, 6.07) is 1.71. The van der Waals surface area contributed by atoms with Crippen LogP contribution in [0.2, 0.25) is 31.5 Å². The van der Waals surface area contributed by atoms with Crippen LogP contribution in [0.4, 0.5) is 18.9 Å². The predicted molar refractivity (Wildman–Crippen MR) is 103 cm³/mol. The Hall–Kier alpha value is -0.104. The summed E-state index contributed by atoms with van der Waals surface area (Å²) in [6.45, 7) is 13.0. The molecule has 0 N–H and O–H groups in total. The summed E-state index contributed by atoms with van der Waals surface area (Å²) < 4.78 is 45.4. The zero-order valence-corrected chi connectivity index (χ0v) is 20.2. The summed E-state index contributed by atoms with van der Waals surface area (Å²) in [5, 5.41) is 6.06. The Morgan fingerprint density at radius 1 is 0.667 bits per heavy atom. The molecular formula is C18H32F3Ge2N. The summed E-state index contributed by atoms with van der Waals surface area (Å²) in [4.78, 5) is 0. The van der Waals surface area contributed by atoms with Crippen molar-refractivity contribution in [3.8, 4) is 0 Å². The summed E-state index contributed by atoms with van der Waals surface area (Å²) in [5.41, 5.74) is 0.0903. The van der Waals surface area contributed by atoms with Gasteiger partial charge in [-0.3, -0.25) is 0 Å². The molecule has 0 saturated carbocycles. The number of hydrogen-bond acceptors (Lipinski definition) is 1. The summed E-state index contributed by atoms with van der Waals surface area (Å²) in [5.74, 6) is -2.27. The first-order valence-electron chi connectivity index (χ1n) is 9.26. The van der Waals surface area contributed by atoms with Gasteiger partial charge in [0.1, 0.15) is 0 Å². The van der Waals surface area contributed by atoms with Gasteiger partial charge in [-0.15, -0.1) is 0 Å². The van der Waals surface area contributed by atoms with Gasteiger partial charge in [-0.25, -0.2) is 0 Å². The summed E-state index contributed by atoms with van der Waals surface area (Å²) >= 11 is -5.35. The fourth-order valence-corrected chi connectivity index (χ4v) is 40.8. The Bertz CT molecular complexity index is 484. The molecule has 0 aliphatic carbocycles. The molecule has 0 bridgehead atoms. The van der Waals surface area contributed by atoms with E-state index in [1.54, 1.807) is 0 Å². The number of rotatable bonds is 9. The van der Waals surface area contributed by atoms with Gasteiger partial charge in [-0.05, 0) is 0 Å². The van der Waals surface area contributed by atoms with Crippen LogP contribution in [0.25, 0.3) is 0 Å². The second-order valence-electron chi connectivity index (χ2n) is 6.62. The number of hydrogen-bond donors (Lipinski definition) is 0. The predicted octanol–water partition coefficient (Wildman–Crippen LogP) is 6.92. The van der Waals surface area contributed by atoms with Crippen molar-refractivity contribution in [3.63, 3.8) is 0 Å². The molecule has 0 unspecified atom stereocenters. The van der Waals surface area contributed by atoms with E-state index in [-0.39, 0.29) is 5.69 Å². The molecule has 0 aliphatic heterocycles. The molecule has 0 aromatic heterocycles. The molecule has 0 atom stereocenters. The molecule has 1 aromatic rings. The number of nitrogens with zero attached hydrogens (tertiary/aromatic N) is 1. The maximum atomic E-state index is 14.8. The first kappa shape index (κ1) is 21.9. The Morgan fingerprint density at radius 3 is 1.21 bits per heavy atom. The van der Waals surface area contributed by atoms with Gasteiger partial charge in [0.2, 0.25) is 0 Å². The van der Waals surface area contributed by atoms with Crippen LogP contribution in [-0.4, -0.2) is 27.0 Å². The molecule has 24 heavy (non-hydrogen) atoms. The number of benzene rings is 1. The quantitative estimate of drug-likeness (QED) is 0.359. The first-order valence-corrected chi connectivity index (χ1v) is 20.0. The van der Waals surface area contributed by atoms with Crippen LogP contribution in [0.1, 0.15) is 41.5 Å². The van der Waals surface area contributed by atoms with Crippen LogP contribution in [-0.2, 0) is 0 Å². The third kappa shape index (κ3) is 3.84. The zero-order chi connectivity index (χ0) is 18.5. The minimum absolute atomic E-state index is 0.0903. The molecule has 0 spiro atoms. The van der Waals surface area contributed by atoms with Gasteiger partial charge in [0.15, 0.2) is 0 Å². The maximum absolute atomic E-state index is 14.8. The summed E-state index contributed by atoms with van der Waals surface area (Å²) in [7, 11) is 0. The minimum atomic E-state index is -2.67. The molecule has 1 nitrogen and oxygen atoms in total. The van der Waals surface area contributed by atoms with E-state index in [0.29, 0.717) is 0 Å². The van der Waals surface area contributed by atoms with E-state index < -0.39 is 44.4 Å². The van der Waals surface area contributed by atoms with Crippen LogP contribution in [0, 0.1) is 17.5 Å². The molecule has 0 heterocycles. The molecule has 0 amide bonds. The number of halogens is 3. The van der Waals surface area contributed by atoms with Crippen LogP contribution < -0.4 is 2.81 Å². The Labute approximate surface area is 151 Å². The third-order valence-corrected chi connectivity index (χ3v) is 37.9. The molecule has 1 aromatic carbocycles. The van der Waals surface area contributed by atoms with Gasteiger partial charge < -0.3 is 0 Å². The first-order chi connectivity index (χ1) is 11.3. The van der Waals surface area contributed by atoms with Crippen LogP contribution in [0.15, 0.2) is 12.1 Å². The van der Waals surface area contributed by atoms with Crippen molar-refractivity contribution in [1.29, 1.82) is 0 Å². The van der Waals surface area contributed by atoms with E-state index in [1.807, 2.05) is 0 Å². The van der Waals surface area contributed by atoms with E-state index in [1.165, 1.54) is 0 Å². The molecule has 0 fully saturated rings. The molecule has 6 heteroatoms. The molecule has 0 aliphatic rings. The SMILES string of the molecule is C[CH2][Ge]([CH2]C)([CH2]C)[N](c1c(F)cc(F)cc1F)[Ge]([CH2]C)([CH2]C)[CH2]C. The van der Waals surface area contributed by atoms with E-state index in [0.717, 1.165) is 43.7 Å². The standard InChI is InChI=1S/C18H32F3Ge2N/c1-7-22(8-2,9-3)24(23(10-4,11-5)12-6)18-16(20)13-15(19)14-17(18)21/h13-14H,7-12H2,1-6H3. The molecule has 1 rings (SSSR count). The topological polar surface area (TPSA) is 3.24 Å². The Balaban J connectivity index is 3.80. The molecule has 138 valence electrons. The molecule has 0 radical (unpaired) electrons. The summed E-state index contributed by atoms with van der Waals surface area (Å²) in [6.07, 6.45) is 0. The van der Waals surface area contributed by atoms with Crippen LogP contribution >= 0.6 is 0 Å². The average molecular weight is 465 g/mol. The second-order valence-corrected chi connectivity index (χ2v) is 29.6. The van der Waals surface area contributed by atoms with Crippen molar-refractivity contribution in [2.24, 2.45) is 0 Å². The van der Waals surface area contributed by atoms with Gasteiger partial charge in [0, 0.05) is 0 Å². The van der Waals surface area contributed by atoms with Crippen molar-refractivity contribution < 1.29 is 13.2 Å². The van der Waals surface area contributed by atoms with Crippen molar-refractivity contribution in [2.75, 3.05) is 2.81 Å². The van der Waals surface area contributed by atoms with E-state index in [2.05, 4.69) is 44.4 Å². The van der Waals surface area contributed by atoms with Gasteiger partial charge in [0.25, 0.3) is 0 Å². The van der Waals surface area contributed by atoms with Crippen molar-refractivity contribution in [3.05, 3.63) is 29.6 Å². The third-order valence-electron chi connectivity index (χ3n) is 6.10. The molecule has 0 saturated heterocycles. The molecular weight excluding hydrogens is 432 g/mol. The Morgan fingerprint density at radius 2 is 0.958 bits per heavy atom. The van der Waals surface area contributed by atoms with Gasteiger partial charge >= 0.3 is 151 Å². The van der Waals surface area contributed by atoms with Gasteiger partial charge in [-0.1, -0.05) is 0 Å². The van der Waals surface area contributed by atoms with E-state index >= 15 is 0 Å².